The summed E-state index contributed by atoms with van der Waals surface area (Å²) in [5.74, 6) is 0.234. The number of carbonyl (C=O) groups is 1. The zero-order valence-electron chi connectivity index (χ0n) is 13.3. The van der Waals surface area contributed by atoms with Gasteiger partial charge >= 0.3 is 0 Å². The molecule has 2 atom stereocenters. The zero-order chi connectivity index (χ0) is 15.2. The van der Waals surface area contributed by atoms with Gasteiger partial charge < -0.3 is 9.64 Å². The summed E-state index contributed by atoms with van der Waals surface area (Å²) in [5, 5.41) is 3.59. The van der Waals surface area contributed by atoms with Crippen molar-refractivity contribution in [3.63, 3.8) is 0 Å². The van der Waals surface area contributed by atoms with Gasteiger partial charge in [0.1, 0.15) is 11.7 Å². The maximum Gasteiger partial charge on any atom is 0.244 e. The Labute approximate surface area is 126 Å². The van der Waals surface area contributed by atoms with Gasteiger partial charge in [-0.3, -0.25) is 10.1 Å². The average molecular weight is 288 g/mol. The van der Waals surface area contributed by atoms with Gasteiger partial charge in [0, 0.05) is 7.11 Å². The first-order valence-electron chi connectivity index (χ1n) is 7.65. The highest BCUT2D eigenvalue weighted by molar-refractivity contribution is 5.92. The van der Waals surface area contributed by atoms with Gasteiger partial charge in [-0.2, -0.15) is 0 Å². The Morgan fingerprint density at radius 2 is 2.14 bits per heavy atom. The monoisotopic (exact) mass is 288 g/mol. The molecule has 2 aliphatic rings. The molecular weight excluding hydrogens is 264 g/mol. The summed E-state index contributed by atoms with van der Waals surface area (Å²) < 4.78 is 5.27. The molecule has 1 aliphatic carbocycles. The van der Waals surface area contributed by atoms with Crippen LogP contribution in [0.25, 0.3) is 0 Å². The fourth-order valence-corrected chi connectivity index (χ4v) is 3.30. The van der Waals surface area contributed by atoms with Gasteiger partial charge in [-0.05, 0) is 44.7 Å². The van der Waals surface area contributed by atoms with Crippen molar-refractivity contribution < 1.29 is 9.53 Å². The van der Waals surface area contributed by atoms with Crippen molar-refractivity contribution in [2.24, 2.45) is 0 Å². The lowest BCUT2D eigenvalue weighted by atomic mass is 10.0. The summed E-state index contributed by atoms with van der Waals surface area (Å²) in [6, 6.07) is 6.51. The molecule has 0 aromatic heterocycles. The van der Waals surface area contributed by atoms with E-state index in [2.05, 4.69) is 44.3 Å². The Balaban J connectivity index is 1.98. The predicted octanol–water partition coefficient (Wildman–Crippen LogP) is 2.30. The minimum atomic E-state index is -0.303. The van der Waals surface area contributed by atoms with E-state index in [1.807, 2.05) is 4.90 Å². The molecule has 1 N–H and O–H groups in total. The summed E-state index contributed by atoms with van der Waals surface area (Å²) in [6.07, 6.45) is 1.86. The van der Waals surface area contributed by atoms with E-state index in [0.29, 0.717) is 6.61 Å². The number of amides is 1. The Bertz CT molecular complexity index is 566. The number of aryl methyl sites for hydroxylation is 2. The first-order chi connectivity index (χ1) is 9.98. The van der Waals surface area contributed by atoms with Crippen LogP contribution in [0.1, 0.15) is 42.6 Å². The van der Waals surface area contributed by atoms with Crippen molar-refractivity contribution in [1.82, 2.24) is 10.2 Å². The Kier molecular flexibility index (Phi) is 3.54. The minimum Gasteiger partial charge on any atom is -0.383 e. The zero-order valence-corrected chi connectivity index (χ0v) is 13.3. The number of rotatable bonds is 4. The molecule has 0 bridgehead atoms. The fraction of sp³-hybridized carbons (Fsp3) is 0.588. The van der Waals surface area contributed by atoms with Crippen LogP contribution in [-0.2, 0) is 9.53 Å². The number of methoxy groups -OCH3 is 1. The minimum absolute atomic E-state index is 0.0370. The number of nitrogens with zero attached hydrogens (tertiary/aromatic N) is 1. The average Bonchev–Trinajstić information content (AvgIpc) is 3.15. The highest BCUT2D eigenvalue weighted by Crippen LogP contribution is 2.47. The summed E-state index contributed by atoms with van der Waals surface area (Å²) in [5.41, 5.74) is 3.34. The molecule has 1 aliphatic heterocycles. The van der Waals surface area contributed by atoms with Gasteiger partial charge in [-0.15, -0.1) is 0 Å². The van der Waals surface area contributed by atoms with Crippen LogP contribution < -0.4 is 5.32 Å². The molecule has 1 spiro atoms. The van der Waals surface area contributed by atoms with Gasteiger partial charge in [-0.25, -0.2) is 0 Å². The van der Waals surface area contributed by atoms with Crippen LogP contribution in [0.15, 0.2) is 18.2 Å². The van der Waals surface area contributed by atoms with E-state index in [9.17, 15) is 4.79 Å². The van der Waals surface area contributed by atoms with E-state index in [-0.39, 0.29) is 23.7 Å². The van der Waals surface area contributed by atoms with Gasteiger partial charge in [0.25, 0.3) is 0 Å². The number of benzene rings is 1. The van der Waals surface area contributed by atoms with E-state index < -0.39 is 0 Å². The predicted molar refractivity (Wildman–Crippen MR) is 81.9 cm³/mol. The molecule has 3 rings (SSSR count). The molecule has 1 amide bonds. The third kappa shape index (κ3) is 2.36. The second kappa shape index (κ2) is 5.11. The topological polar surface area (TPSA) is 41.6 Å². The molecule has 1 heterocycles. The van der Waals surface area contributed by atoms with Gasteiger partial charge in [-0.1, -0.05) is 23.8 Å². The summed E-state index contributed by atoms with van der Waals surface area (Å²) in [4.78, 5) is 14.8. The standard InChI is InChI=1S/C17H24N2O2/c1-11-5-6-12(2)14(9-11)15-18-17(7-8-17)16(20)19(15)13(3)10-21-4/h5-6,9,13,15,18H,7-8,10H2,1-4H3. The van der Waals surface area contributed by atoms with Crippen molar-refractivity contribution in [3.8, 4) is 0 Å². The van der Waals surface area contributed by atoms with E-state index in [1.54, 1.807) is 7.11 Å². The van der Waals surface area contributed by atoms with Crippen LogP contribution >= 0.6 is 0 Å². The molecule has 4 nitrogen and oxygen atoms in total. The maximum atomic E-state index is 12.8. The molecule has 114 valence electrons. The summed E-state index contributed by atoms with van der Waals surface area (Å²) in [7, 11) is 1.68. The van der Waals surface area contributed by atoms with Crippen molar-refractivity contribution >= 4 is 5.91 Å². The lowest BCUT2D eigenvalue weighted by molar-refractivity contribution is -0.133. The molecule has 1 saturated carbocycles. The number of nitrogens with one attached hydrogen (secondary N) is 1. The highest BCUT2D eigenvalue weighted by atomic mass is 16.5. The van der Waals surface area contributed by atoms with Crippen LogP contribution in [0.4, 0.5) is 0 Å². The number of hydrogen-bond acceptors (Lipinski definition) is 3. The lowest BCUT2D eigenvalue weighted by Crippen LogP contribution is -2.41. The first kappa shape index (κ1) is 14.5. The number of carbonyl (C=O) groups excluding carboxylic acids is 1. The molecule has 2 unspecified atom stereocenters. The first-order valence-corrected chi connectivity index (χ1v) is 7.65. The lowest BCUT2D eigenvalue weighted by Gasteiger charge is -2.31. The van der Waals surface area contributed by atoms with E-state index in [4.69, 9.17) is 4.74 Å². The summed E-state index contributed by atoms with van der Waals surface area (Å²) >= 11 is 0. The molecular formula is C17H24N2O2. The van der Waals surface area contributed by atoms with Crippen LogP contribution in [-0.4, -0.2) is 36.1 Å². The number of hydrogen-bond donors (Lipinski definition) is 1. The third-order valence-corrected chi connectivity index (χ3v) is 4.70. The largest absolute Gasteiger partial charge is 0.383 e. The SMILES string of the molecule is COCC(C)N1C(=O)C2(CC2)NC1c1cc(C)ccc1C. The van der Waals surface area contributed by atoms with Gasteiger partial charge in [0.15, 0.2) is 0 Å². The molecule has 1 aromatic rings. The Hall–Kier alpha value is -1.39. The van der Waals surface area contributed by atoms with E-state index in [1.165, 1.54) is 16.7 Å². The summed E-state index contributed by atoms with van der Waals surface area (Å²) in [6.45, 7) is 6.82. The molecule has 1 aromatic carbocycles. The second-order valence-electron chi connectivity index (χ2n) is 6.51. The van der Waals surface area contributed by atoms with Crippen LogP contribution in [0.3, 0.4) is 0 Å². The third-order valence-electron chi connectivity index (χ3n) is 4.70. The molecule has 2 fully saturated rings. The van der Waals surface area contributed by atoms with Crippen molar-refractivity contribution in [3.05, 3.63) is 34.9 Å². The van der Waals surface area contributed by atoms with Gasteiger partial charge in [0.05, 0.1) is 12.6 Å². The smallest absolute Gasteiger partial charge is 0.244 e. The van der Waals surface area contributed by atoms with E-state index >= 15 is 0 Å². The van der Waals surface area contributed by atoms with Crippen molar-refractivity contribution in [1.29, 1.82) is 0 Å². The fourth-order valence-electron chi connectivity index (χ4n) is 3.30. The Morgan fingerprint density at radius 1 is 1.43 bits per heavy atom. The normalized spacial score (nSPS) is 24.7. The molecule has 21 heavy (non-hydrogen) atoms. The molecule has 0 radical (unpaired) electrons. The second-order valence-corrected chi connectivity index (χ2v) is 6.51. The van der Waals surface area contributed by atoms with Crippen LogP contribution in [0.5, 0.6) is 0 Å². The number of ether oxygens (including phenoxy) is 1. The quantitative estimate of drug-likeness (QED) is 0.924. The molecule has 1 saturated heterocycles. The van der Waals surface area contributed by atoms with E-state index in [0.717, 1.165) is 12.8 Å². The maximum absolute atomic E-state index is 12.8. The van der Waals surface area contributed by atoms with Crippen molar-refractivity contribution in [2.45, 2.75) is 51.4 Å². The molecule has 4 heteroatoms. The van der Waals surface area contributed by atoms with Crippen molar-refractivity contribution in [2.75, 3.05) is 13.7 Å². The Morgan fingerprint density at radius 3 is 2.76 bits per heavy atom. The highest BCUT2D eigenvalue weighted by Gasteiger charge is 2.60. The van der Waals surface area contributed by atoms with Crippen LogP contribution in [0.2, 0.25) is 0 Å². The van der Waals surface area contributed by atoms with Crippen LogP contribution in [0, 0.1) is 13.8 Å². The van der Waals surface area contributed by atoms with Gasteiger partial charge in [0.2, 0.25) is 5.91 Å².